The summed E-state index contributed by atoms with van der Waals surface area (Å²) in [6.45, 7) is 0. The normalized spacial score (nSPS) is 10.4. The van der Waals surface area contributed by atoms with Crippen LogP contribution in [0.3, 0.4) is 0 Å². The van der Waals surface area contributed by atoms with E-state index in [0.29, 0.717) is 5.56 Å². The number of hydrogen-bond donors (Lipinski definition) is 1. The first-order valence-electron chi connectivity index (χ1n) is 4.01. The van der Waals surface area contributed by atoms with Gasteiger partial charge in [-0.1, -0.05) is 6.07 Å². The number of methoxy groups -OCH3 is 1. The third-order valence-corrected chi connectivity index (χ3v) is 3.02. The van der Waals surface area contributed by atoms with E-state index in [2.05, 4.69) is 0 Å². The first kappa shape index (κ1) is 9.02. The summed E-state index contributed by atoms with van der Waals surface area (Å²) >= 11 is 1.39. The molecule has 1 aromatic carbocycles. The predicted octanol–water partition coefficient (Wildman–Crippen LogP) is 2.61. The van der Waals surface area contributed by atoms with E-state index in [1.807, 2.05) is 11.4 Å². The Kier molecular flexibility index (Phi) is 2.13. The van der Waals surface area contributed by atoms with Crippen LogP contribution in [0.2, 0.25) is 0 Å². The molecule has 0 spiro atoms. The van der Waals surface area contributed by atoms with Gasteiger partial charge in [0.2, 0.25) is 0 Å². The number of rotatable bonds is 2. The van der Waals surface area contributed by atoms with Crippen molar-refractivity contribution in [3.8, 4) is 5.75 Å². The highest BCUT2D eigenvalue weighted by molar-refractivity contribution is 7.18. The fourth-order valence-corrected chi connectivity index (χ4v) is 2.39. The quantitative estimate of drug-likeness (QED) is 0.825. The average Bonchev–Trinajstić information content (AvgIpc) is 2.59. The molecule has 0 unspecified atom stereocenters. The van der Waals surface area contributed by atoms with Crippen molar-refractivity contribution in [2.24, 2.45) is 0 Å². The zero-order valence-electron chi connectivity index (χ0n) is 7.48. The second-order valence-electron chi connectivity index (χ2n) is 2.79. The van der Waals surface area contributed by atoms with Crippen molar-refractivity contribution in [3.05, 3.63) is 29.1 Å². The third kappa shape index (κ3) is 1.24. The van der Waals surface area contributed by atoms with Gasteiger partial charge >= 0.3 is 5.97 Å². The van der Waals surface area contributed by atoms with Gasteiger partial charge in [-0.3, -0.25) is 0 Å². The molecule has 1 aromatic heterocycles. The van der Waals surface area contributed by atoms with Gasteiger partial charge in [0.25, 0.3) is 0 Å². The van der Waals surface area contributed by atoms with Crippen molar-refractivity contribution in [2.45, 2.75) is 0 Å². The van der Waals surface area contributed by atoms with Crippen LogP contribution in [0.25, 0.3) is 10.1 Å². The number of ether oxygens (including phenoxy) is 1. The zero-order valence-corrected chi connectivity index (χ0v) is 8.30. The lowest BCUT2D eigenvalue weighted by atomic mass is 10.1. The molecule has 72 valence electrons. The monoisotopic (exact) mass is 208 g/mol. The van der Waals surface area contributed by atoms with Crippen molar-refractivity contribution >= 4 is 27.4 Å². The van der Waals surface area contributed by atoms with E-state index in [0.717, 1.165) is 15.8 Å². The number of thiophene rings is 1. The van der Waals surface area contributed by atoms with Gasteiger partial charge in [-0.25, -0.2) is 4.79 Å². The lowest BCUT2D eigenvalue weighted by Crippen LogP contribution is -1.95. The van der Waals surface area contributed by atoms with E-state index < -0.39 is 5.97 Å². The van der Waals surface area contributed by atoms with Crippen LogP contribution < -0.4 is 4.74 Å². The topological polar surface area (TPSA) is 46.5 Å². The molecule has 0 atom stereocenters. The molecule has 2 rings (SSSR count). The van der Waals surface area contributed by atoms with Gasteiger partial charge in [0.05, 0.1) is 17.4 Å². The Morgan fingerprint density at radius 1 is 1.50 bits per heavy atom. The van der Waals surface area contributed by atoms with Gasteiger partial charge in [0.15, 0.2) is 0 Å². The first-order chi connectivity index (χ1) is 6.74. The van der Waals surface area contributed by atoms with Crippen molar-refractivity contribution < 1.29 is 14.6 Å². The van der Waals surface area contributed by atoms with Gasteiger partial charge < -0.3 is 9.84 Å². The number of carbonyl (C=O) groups is 1. The number of carboxylic acid groups (broad SMARTS) is 1. The van der Waals surface area contributed by atoms with Gasteiger partial charge in [0, 0.05) is 10.8 Å². The summed E-state index contributed by atoms with van der Waals surface area (Å²) in [5, 5.41) is 11.6. The lowest BCUT2D eigenvalue weighted by Gasteiger charge is -1.98. The molecule has 1 heterocycles. The fourth-order valence-electron chi connectivity index (χ4n) is 1.36. The van der Waals surface area contributed by atoms with Crippen LogP contribution in [0.15, 0.2) is 23.6 Å². The average molecular weight is 208 g/mol. The number of fused-ring (bicyclic) bond motifs is 1. The molecule has 3 nitrogen and oxygen atoms in total. The van der Waals surface area contributed by atoms with Crippen LogP contribution in [0.1, 0.15) is 10.4 Å². The maximum Gasteiger partial charge on any atom is 0.337 e. The summed E-state index contributed by atoms with van der Waals surface area (Å²) in [4.78, 5) is 10.9. The molecule has 0 bridgehead atoms. The molecule has 14 heavy (non-hydrogen) atoms. The maximum absolute atomic E-state index is 10.9. The SMILES string of the molecule is COc1csc2c(C(=O)O)cccc12. The van der Waals surface area contributed by atoms with Crippen LogP contribution in [0.5, 0.6) is 5.75 Å². The number of benzene rings is 1. The lowest BCUT2D eigenvalue weighted by molar-refractivity contribution is 0.0699. The van der Waals surface area contributed by atoms with Crippen molar-refractivity contribution in [2.75, 3.05) is 7.11 Å². The van der Waals surface area contributed by atoms with Crippen LogP contribution in [0, 0.1) is 0 Å². The number of hydrogen-bond acceptors (Lipinski definition) is 3. The second kappa shape index (κ2) is 3.31. The molecule has 1 N–H and O–H groups in total. The molecule has 0 radical (unpaired) electrons. The smallest absolute Gasteiger partial charge is 0.337 e. The Labute approximate surface area is 84.6 Å². The molecular weight excluding hydrogens is 200 g/mol. The minimum absolute atomic E-state index is 0.329. The van der Waals surface area contributed by atoms with E-state index in [1.54, 1.807) is 19.2 Å². The summed E-state index contributed by atoms with van der Waals surface area (Å²) in [6, 6.07) is 5.18. The minimum Gasteiger partial charge on any atom is -0.495 e. The Balaban J connectivity index is 2.76. The van der Waals surface area contributed by atoms with Crippen molar-refractivity contribution in [1.29, 1.82) is 0 Å². The van der Waals surface area contributed by atoms with Crippen LogP contribution in [-0.2, 0) is 0 Å². The Hall–Kier alpha value is -1.55. The molecule has 0 aliphatic heterocycles. The fraction of sp³-hybridized carbons (Fsp3) is 0.100. The van der Waals surface area contributed by atoms with E-state index in [4.69, 9.17) is 9.84 Å². The highest BCUT2D eigenvalue weighted by Gasteiger charge is 2.12. The zero-order chi connectivity index (χ0) is 10.1. The summed E-state index contributed by atoms with van der Waals surface area (Å²) in [6.07, 6.45) is 0. The predicted molar refractivity (Wildman–Crippen MR) is 55.3 cm³/mol. The Morgan fingerprint density at radius 3 is 2.93 bits per heavy atom. The Morgan fingerprint density at radius 2 is 2.29 bits per heavy atom. The van der Waals surface area contributed by atoms with E-state index in [9.17, 15) is 4.79 Å². The van der Waals surface area contributed by atoms with Crippen molar-refractivity contribution in [1.82, 2.24) is 0 Å². The standard InChI is InChI=1S/C10H8O3S/c1-13-8-5-14-9-6(8)3-2-4-7(9)10(11)12/h2-5H,1H3,(H,11,12). The van der Waals surface area contributed by atoms with Gasteiger partial charge in [-0.15, -0.1) is 11.3 Å². The summed E-state index contributed by atoms with van der Waals surface area (Å²) in [7, 11) is 1.58. The van der Waals surface area contributed by atoms with Gasteiger partial charge in [-0.05, 0) is 12.1 Å². The van der Waals surface area contributed by atoms with Crippen LogP contribution in [-0.4, -0.2) is 18.2 Å². The molecule has 0 saturated carbocycles. The molecule has 0 fully saturated rings. The molecule has 0 aliphatic carbocycles. The van der Waals surface area contributed by atoms with E-state index in [-0.39, 0.29) is 0 Å². The second-order valence-corrected chi connectivity index (χ2v) is 3.67. The highest BCUT2D eigenvalue weighted by atomic mass is 32.1. The molecule has 0 saturated heterocycles. The van der Waals surface area contributed by atoms with Crippen LogP contribution in [0.4, 0.5) is 0 Å². The third-order valence-electron chi connectivity index (χ3n) is 2.01. The number of carboxylic acids is 1. The van der Waals surface area contributed by atoms with Gasteiger partial charge in [-0.2, -0.15) is 0 Å². The minimum atomic E-state index is -0.903. The molecule has 0 amide bonds. The van der Waals surface area contributed by atoms with Crippen LogP contribution >= 0.6 is 11.3 Å². The van der Waals surface area contributed by atoms with E-state index in [1.165, 1.54) is 11.3 Å². The van der Waals surface area contributed by atoms with Gasteiger partial charge in [0.1, 0.15) is 5.75 Å². The first-order valence-corrected chi connectivity index (χ1v) is 4.89. The molecular formula is C10H8O3S. The largest absolute Gasteiger partial charge is 0.495 e. The molecule has 4 heteroatoms. The highest BCUT2D eigenvalue weighted by Crippen LogP contribution is 2.34. The Bertz CT molecular complexity index is 487. The van der Waals surface area contributed by atoms with Crippen molar-refractivity contribution in [3.63, 3.8) is 0 Å². The summed E-state index contributed by atoms with van der Waals surface area (Å²) < 4.78 is 5.88. The number of aromatic carboxylic acids is 1. The van der Waals surface area contributed by atoms with E-state index >= 15 is 0 Å². The summed E-state index contributed by atoms with van der Waals surface area (Å²) in [5.74, 6) is -0.173. The maximum atomic E-state index is 10.9. The molecule has 0 aliphatic rings. The summed E-state index contributed by atoms with van der Waals surface area (Å²) in [5.41, 5.74) is 0.329. The molecule has 2 aromatic rings.